The lowest BCUT2D eigenvalue weighted by molar-refractivity contribution is 0.404. The standard InChI is InChI=1S/C15H21NO2S.ClH/c17-19(18,11-12-4-3-9-16-10-12)15-8-2-6-13-5-1-7-14(13)15;/h2,6,8,12,16H,1,3-5,7,9-11H2;1H. The van der Waals surface area contributed by atoms with E-state index in [1.807, 2.05) is 6.07 Å². The summed E-state index contributed by atoms with van der Waals surface area (Å²) >= 11 is 0. The number of halogens is 1. The quantitative estimate of drug-likeness (QED) is 0.931. The summed E-state index contributed by atoms with van der Waals surface area (Å²) in [7, 11) is -3.13. The summed E-state index contributed by atoms with van der Waals surface area (Å²) in [6.07, 6.45) is 5.17. The highest BCUT2D eigenvalue weighted by atomic mass is 35.5. The zero-order chi connectivity index (χ0) is 13.3. The Morgan fingerprint density at radius 1 is 1.20 bits per heavy atom. The monoisotopic (exact) mass is 315 g/mol. The summed E-state index contributed by atoms with van der Waals surface area (Å²) in [5, 5.41) is 3.30. The number of hydrogen-bond donors (Lipinski definition) is 1. The van der Waals surface area contributed by atoms with Crippen molar-refractivity contribution in [3.8, 4) is 0 Å². The van der Waals surface area contributed by atoms with Crippen molar-refractivity contribution in [3.63, 3.8) is 0 Å². The molecule has 5 heteroatoms. The minimum Gasteiger partial charge on any atom is -0.316 e. The number of sulfone groups is 1. The first-order chi connectivity index (χ1) is 9.17. The van der Waals surface area contributed by atoms with Gasteiger partial charge in [-0.25, -0.2) is 8.42 Å². The fraction of sp³-hybridized carbons (Fsp3) is 0.600. The van der Waals surface area contributed by atoms with Crippen LogP contribution in [0.2, 0.25) is 0 Å². The second-order valence-corrected chi connectivity index (χ2v) is 7.74. The number of rotatable bonds is 3. The summed E-state index contributed by atoms with van der Waals surface area (Å²) in [5.41, 5.74) is 2.33. The molecule has 0 spiro atoms. The van der Waals surface area contributed by atoms with Crippen molar-refractivity contribution in [2.24, 2.45) is 5.92 Å². The summed E-state index contributed by atoms with van der Waals surface area (Å²) in [6.45, 7) is 1.87. The van der Waals surface area contributed by atoms with Gasteiger partial charge in [-0.3, -0.25) is 0 Å². The van der Waals surface area contributed by atoms with Crippen LogP contribution < -0.4 is 5.32 Å². The van der Waals surface area contributed by atoms with Crippen molar-refractivity contribution in [1.29, 1.82) is 0 Å². The Morgan fingerprint density at radius 3 is 2.80 bits per heavy atom. The third kappa shape index (κ3) is 3.18. The molecule has 3 rings (SSSR count). The lowest BCUT2D eigenvalue weighted by Crippen LogP contribution is -2.34. The molecule has 0 bridgehead atoms. The predicted molar refractivity (Wildman–Crippen MR) is 83.4 cm³/mol. The van der Waals surface area contributed by atoms with E-state index in [0.717, 1.165) is 50.8 Å². The normalized spacial score (nSPS) is 22.1. The number of hydrogen-bond acceptors (Lipinski definition) is 3. The van der Waals surface area contributed by atoms with Gasteiger partial charge in [0.2, 0.25) is 0 Å². The molecule has 1 heterocycles. The summed E-state index contributed by atoms with van der Waals surface area (Å²) in [4.78, 5) is 0.605. The molecule has 1 aliphatic heterocycles. The zero-order valence-electron chi connectivity index (χ0n) is 11.6. The van der Waals surface area contributed by atoms with Crippen molar-refractivity contribution in [1.82, 2.24) is 5.32 Å². The molecular weight excluding hydrogens is 294 g/mol. The second-order valence-electron chi connectivity index (χ2n) is 5.74. The largest absolute Gasteiger partial charge is 0.316 e. The number of piperidine rings is 1. The van der Waals surface area contributed by atoms with Crippen molar-refractivity contribution in [2.75, 3.05) is 18.8 Å². The van der Waals surface area contributed by atoms with Crippen LogP contribution in [0.25, 0.3) is 0 Å². The molecular formula is C15H22ClNO2S. The van der Waals surface area contributed by atoms with E-state index in [9.17, 15) is 8.42 Å². The van der Waals surface area contributed by atoms with Crippen molar-refractivity contribution in [2.45, 2.75) is 37.0 Å². The van der Waals surface area contributed by atoms with Gasteiger partial charge >= 0.3 is 0 Å². The molecule has 1 N–H and O–H groups in total. The Hall–Kier alpha value is -0.580. The molecule has 0 aromatic heterocycles. The van der Waals surface area contributed by atoms with Gasteiger partial charge in [0, 0.05) is 0 Å². The lowest BCUT2D eigenvalue weighted by Gasteiger charge is -2.23. The van der Waals surface area contributed by atoms with Gasteiger partial charge in [-0.2, -0.15) is 0 Å². The molecule has 0 radical (unpaired) electrons. The van der Waals surface area contributed by atoms with Crippen LogP contribution in [0.3, 0.4) is 0 Å². The van der Waals surface area contributed by atoms with Gasteiger partial charge in [-0.1, -0.05) is 12.1 Å². The van der Waals surface area contributed by atoms with Gasteiger partial charge in [0.15, 0.2) is 9.84 Å². The van der Waals surface area contributed by atoms with E-state index < -0.39 is 9.84 Å². The Morgan fingerprint density at radius 2 is 2.05 bits per heavy atom. The maximum Gasteiger partial charge on any atom is 0.178 e. The number of benzene rings is 1. The molecule has 1 atom stereocenters. The SMILES string of the molecule is Cl.O=S(=O)(CC1CCCNC1)c1cccc2c1CCC2. The van der Waals surface area contributed by atoms with Crippen molar-refractivity contribution >= 4 is 22.2 Å². The van der Waals surface area contributed by atoms with Crippen LogP contribution >= 0.6 is 12.4 Å². The third-order valence-corrected chi connectivity index (χ3v) is 6.25. The molecule has 20 heavy (non-hydrogen) atoms. The van der Waals surface area contributed by atoms with Gasteiger partial charge in [-0.05, 0) is 68.3 Å². The second kappa shape index (κ2) is 6.46. The molecule has 3 nitrogen and oxygen atoms in total. The van der Waals surface area contributed by atoms with E-state index in [-0.39, 0.29) is 18.3 Å². The zero-order valence-corrected chi connectivity index (χ0v) is 13.2. The van der Waals surface area contributed by atoms with Crippen LogP contribution in [0.4, 0.5) is 0 Å². The van der Waals surface area contributed by atoms with E-state index in [1.165, 1.54) is 5.56 Å². The Balaban J connectivity index is 0.00000147. The van der Waals surface area contributed by atoms with E-state index in [4.69, 9.17) is 0 Å². The first kappa shape index (κ1) is 15.8. The molecule has 1 aromatic carbocycles. The molecule has 1 aromatic rings. The van der Waals surface area contributed by atoms with Gasteiger partial charge in [-0.15, -0.1) is 12.4 Å². The minimum absolute atomic E-state index is 0. The number of nitrogens with one attached hydrogen (secondary N) is 1. The molecule has 1 unspecified atom stereocenters. The fourth-order valence-corrected chi connectivity index (χ4v) is 5.32. The van der Waals surface area contributed by atoms with Crippen molar-refractivity contribution in [3.05, 3.63) is 29.3 Å². The van der Waals surface area contributed by atoms with E-state index >= 15 is 0 Å². The Labute approximate surface area is 127 Å². The first-order valence-electron chi connectivity index (χ1n) is 7.21. The summed E-state index contributed by atoms with van der Waals surface area (Å²) < 4.78 is 25.3. The van der Waals surface area contributed by atoms with Crippen LogP contribution in [-0.4, -0.2) is 27.3 Å². The summed E-state index contributed by atoms with van der Waals surface area (Å²) in [6, 6.07) is 5.77. The van der Waals surface area contributed by atoms with Crippen LogP contribution in [0.1, 0.15) is 30.4 Å². The average molecular weight is 316 g/mol. The highest BCUT2D eigenvalue weighted by Crippen LogP contribution is 2.30. The van der Waals surface area contributed by atoms with Crippen LogP contribution in [-0.2, 0) is 22.7 Å². The smallest absolute Gasteiger partial charge is 0.178 e. The molecule has 0 amide bonds. The topological polar surface area (TPSA) is 46.2 Å². The van der Waals surface area contributed by atoms with Crippen LogP contribution in [0, 0.1) is 5.92 Å². The fourth-order valence-electron chi connectivity index (χ4n) is 3.34. The van der Waals surface area contributed by atoms with Crippen LogP contribution in [0.5, 0.6) is 0 Å². The van der Waals surface area contributed by atoms with Gasteiger partial charge in [0.05, 0.1) is 10.6 Å². The van der Waals surface area contributed by atoms with Crippen molar-refractivity contribution < 1.29 is 8.42 Å². The van der Waals surface area contributed by atoms with Gasteiger partial charge in [0.25, 0.3) is 0 Å². The molecule has 1 aliphatic carbocycles. The van der Waals surface area contributed by atoms with E-state index in [0.29, 0.717) is 10.6 Å². The Bertz CT molecular complexity index is 565. The minimum atomic E-state index is -3.13. The molecule has 2 aliphatic rings. The summed E-state index contributed by atoms with van der Waals surface area (Å²) in [5.74, 6) is 0.576. The molecule has 0 saturated carbocycles. The molecule has 1 saturated heterocycles. The highest BCUT2D eigenvalue weighted by Gasteiger charge is 2.27. The highest BCUT2D eigenvalue weighted by molar-refractivity contribution is 7.91. The van der Waals surface area contributed by atoms with Gasteiger partial charge < -0.3 is 5.32 Å². The number of aryl methyl sites for hydroxylation is 1. The van der Waals surface area contributed by atoms with E-state index in [1.54, 1.807) is 6.07 Å². The first-order valence-corrected chi connectivity index (χ1v) is 8.86. The van der Waals surface area contributed by atoms with Gasteiger partial charge in [0.1, 0.15) is 0 Å². The van der Waals surface area contributed by atoms with E-state index in [2.05, 4.69) is 11.4 Å². The maximum absolute atomic E-state index is 12.6. The maximum atomic E-state index is 12.6. The predicted octanol–water partition coefficient (Wildman–Crippen LogP) is 2.37. The lowest BCUT2D eigenvalue weighted by atomic mass is 10.0. The Kier molecular flexibility index (Phi) is 5.10. The van der Waals surface area contributed by atoms with Crippen LogP contribution in [0.15, 0.2) is 23.1 Å². The average Bonchev–Trinajstić information content (AvgIpc) is 2.87. The molecule has 112 valence electrons. The third-order valence-electron chi connectivity index (χ3n) is 4.29. The molecule has 1 fully saturated rings. The number of fused-ring (bicyclic) bond motifs is 1.